The van der Waals surface area contributed by atoms with Gasteiger partial charge in [-0.2, -0.15) is 0 Å². The first-order valence-corrected chi connectivity index (χ1v) is 20.5. The highest BCUT2D eigenvalue weighted by atomic mass is 16.6. The van der Waals surface area contributed by atoms with E-state index < -0.39 is 82.1 Å². The molecule has 1 aliphatic heterocycles. The van der Waals surface area contributed by atoms with Gasteiger partial charge in [-0.15, -0.1) is 0 Å². The molecule has 4 aliphatic rings. The second kappa shape index (κ2) is 17.6. The molecule has 3 fully saturated rings. The Bertz CT molecular complexity index is 1930. The molecular formula is C45H63N5O10. The van der Waals surface area contributed by atoms with Crippen LogP contribution in [-0.2, 0) is 33.3 Å². The van der Waals surface area contributed by atoms with Gasteiger partial charge in [0.2, 0.25) is 6.10 Å². The lowest BCUT2D eigenvalue weighted by Gasteiger charge is -2.69. The van der Waals surface area contributed by atoms with Crippen molar-refractivity contribution >= 4 is 36.4 Å². The molecule has 2 aromatic rings. The molecule has 0 unspecified atom stereocenters. The van der Waals surface area contributed by atoms with E-state index in [-0.39, 0.29) is 31.6 Å². The number of esters is 1. The first-order chi connectivity index (χ1) is 28.3. The molecule has 60 heavy (non-hydrogen) atoms. The third-order valence-corrected chi connectivity index (χ3v) is 14.2. The van der Waals surface area contributed by atoms with Gasteiger partial charge in [-0.25, -0.2) is 14.4 Å². The molecule has 2 aromatic carbocycles. The number of amides is 2. The molecule has 0 aromatic heterocycles. The van der Waals surface area contributed by atoms with E-state index in [1.165, 1.54) is 19.0 Å². The summed E-state index contributed by atoms with van der Waals surface area (Å²) in [5, 5.41) is 16.8. The highest BCUT2D eigenvalue weighted by molar-refractivity contribution is 5.91. The first kappa shape index (κ1) is 46.2. The number of nitrogens with one attached hydrogen (secondary N) is 1. The minimum atomic E-state index is -1.55. The second-order valence-corrected chi connectivity index (χ2v) is 17.8. The normalized spacial score (nSPS) is 32.4. The maximum Gasteiger partial charge on any atom is 0.411 e. The van der Waals surface area contributed by atoms with Crippen molar-refractivity contribution in [1.82, 2.24) is 9.80 Å². The molecule has 2 saturated carbocycles. The number of nitrogens with zero attached hydrogens (tertiary/aromatic N) is 2. The van der Waals surface area contributed by atoms with Gasteiger partial charge in [0.25, 0.3) is 0 Å². The molecule has 1 heterocycles. The van der Waals surface area contributed by atoms with E-state index in [4.69, 9.17) is 35.2 Å². The summed E-state index contributed by atoms with van der Waals surface area (Å²) in [6.07, 6.45) is -4.86. The number of anilines is 1. The highest BCUT2D eigenvalue weighted by Gasteiger charge is 2.73. The zero-order valence-electron chi connectivity index (χ0n) is 36.3. The van der Waals surface area contributed by atoms with Crippen molar-refractivity contribution in [2.75, 3.05) is 39.4 Å². The van der Waals surface area contributed by atoms with E-state index in [9.17, 15) is 19.5 Å². The Kier molecular flexibility index (Phi) is 13.6. The highest BCUT2D eigenvalue weighted by Crippen LogP contribution is 2.68. The summed E-state index contributed by atoms with van der Waals surface area (Å²) in [4.78, 5) is 67.2. The molecule has 328 valence electrons. The van der Waals surface area contributed by atoms with Gasteiger partial charge in [0.15, 0.2) is 0 Å². The van der Waals surface area contributed by atoms with E-state index >= 15 is 4.79 Å². The monoisotopic (exact) mass is 833 g/mol. The number of Topliss-reactive ketones (excluding diaryl/α,β-unsaturated/α-hetero) is 1. The number of fused-ring (bicyclic) bond motifs is 5. The number of rotatable bonds is 10. The average Bonchev–Trinajstić information content (AvgIpc) is 3.24. The van der Waals surface area contributed by atoms with Crippen LogP contribution in [0.5, 0.6) is 0 Å². The molecule has 2 bridgehead atoms. The molecule has 11 atom stereocenters. The minimum absolute atomic E-state index is 0.0107. The van der Waals surface area contributed by atoms with Crippen molar-refractivity contribution in [1.29, 1.82) is 0 Å². The molecule has 3 aliphatic carbocycles. The lowest BCUT2D eigenvalue weighted by molar-refractivity contribution is -0.301. The number of hydrogen-bond donors (Lipinski definition) is 4. The van der Waals surface area contributed by atoms with E-state index in [0.717, 1.165) is 4.90 Å². The molecule has 6 N–H and O–H groups in total. The maximum atomic E-state index is 15.4. The summed E-state index contributed by atoms with van der Waals surface area (Å²) in [5.41, 5.74) is 9.89. The van der Waals surface area contributed by atoms with Crippen molar-refractivity contribution < 1.29 is 48.0 Å². The number of ketones is 1. The fraction of sp³-hybridized carbons (Fsp3) is 0.578. The number of benzene rings is 2. The van der Waals surface area contributed by atoms with Crippen molar-refractivity contribution in [2.45, 2.75) is 97.4 Å². The number of nitrogens with two attached hydrogens (primary N) is 2. The molecular weight excluding hydrogens is 771 g/mol. The standard InChI is InChI=1S/C44H61N5O9.CH2O/c1-25-30(56-38(51)35(58-40(53)49(9)24-46)34(28-16-12-10-13-17-28)47-29-18-14-11-15-19-29)21-44(54)27(3)36-42(6)22-55-31(42)20-32(57-39(52)48(8)23-45)43(36,7)37(50)26(2)33(25)41(44,4)5;1-2/h10-19,26-27,30-32,34-36,47,54H,20-24,45-46H2,1-9H3;1H2/t26-,27+,30+,31-,32+,34+,35-,36-,42-,43-,44-;/m1./s1. The molecule has 6 rings (SSSR count). The van der Waals surface area contributed by atoms with Gasteiger partial charge in [-0.3, -0.25) is 14.6 Å². The average molecular weight is 834 g/mol. The van der Waals surface area contributed by atoms with Crippen LogP contribution in [0.25, 0.3) is 0 Å². The molecule has 0 radical (unpaired) electrons. The number of carbonyl (C=O) groups excluding carboxylic acids is 5. The van der Waals surface area contributed by atoms with Crippen LogP contribution in [-0.4, -0.2) is 110 Å². The van der Waals surface area contributed by atoms with Crippen molar-refractivity contribution in [3.8, 4) is 0 Å². The predicted octanol–water partition coefficient (Wildman–Crippen LogP) is 5.04. The van der Waals surface area contributed by atoms with Crippen LogP contribution in [0, 0.1) is 34.0 Å². The molecule has 0 spiro atoms. The van der Waals surface area contributed by atoms with Gasteiger partial charge in [-0.1, -0.05) is 83.1 Å². The Hall–Kier alpha value is -4.83. The van der Waals surface area contributed by atoms with Crippen LogP contribution in [0.1, 0.15) is 72.9 Å². The predicted molar refractivity (Wildman–Crippen MR) is 224 cm³/mol. The van der Waals surface area contributed by atoms with Crippen molar-refractivity contribution in [3.05, 3.63) is 77.4 Å². The third kappa shape index (κ3) is 7.69. The second-order valence-electron chi connectivity index (χ2n) is 17.8. The lowest BCUT2D eigenvalue weighted by atomic mass is 9.40. The zero-order chi connectivity index (χ0) is 44.5. The van der Waals surface area contributed by atoms with E-state index in [1.54, 1.807) is 0 Å². The minimum Gasteiger partial charge on any atom is -0.455 e. The van der Waals surface area contributed by atoms with Gasteiger partial charge >= 0.3 is 18.2 Å². The van der Waals surface area contributed by atoms with Crippen LogP contribution < -0.4 is 16.8 Å². The fourth-order valence-corrected chi connectivity index (χ4v) is 10.9. The topological polar surface area (TPSA) is 213 Å². The summed E-state index contributed by atoms with van der Waals surface area (Å²) < 4.78 is 24.7. The van der Waals surface area contributed by atoms with Gasteiger partial charge < -0.3 is 45.6 Å². The van der Waals surface area contributed by atoms with Crippen LogP contribution in [0.4, 0.5) is 15.3 Å². The van der Waals surface area contributed by atoms with Gasteiger partial charge in [0, 0.05) is 49.4 Å². The number of para-hydroxylation sites is 1. The summed E-state index contributed by atoms with van der Waals surface area (Å²) in [6.45, 7) is 15.6. The summed E-state index contributed by atoms with van der Waals surface area (Å²) in [5.74, 6) is -2.86. The summed E-state index contributed by atoms with van der Waals surface area (Å²) in [7, 11) is 3.00. The number of carbonyl (C=O) groups is 5. The summed E-state index contributed by atoms with van der Waals surface area (Å²) >= 11 is 0. The van der Waals surface area contributed by atoms with Gasteiger partial charge in [0.05, 0.1) is 43.1 Å². The molecule has 2 amide bonds. The van der Waals surface area contributed by atoms with Crippen LogP contribution in [0.15, 0.2) is 71.8 Å². The molecule has 15 heteroatoms. The lowest BCUT2D eigenvalue weighted by Crippen LogP contribution is -2.74. The summed E-state index contributed by atoms with van der Waals surface area (Å²) in [6, 6.07) is 17.5. The molecule has 1 saturated heterocycles. The fourth-order valence-electron chi connectivity index (χ4n) is 10.9. The Morgan fingerprint density at radius 2 is 1.50 bits per heavy atom. The Morgan fingerprint density at radius 3 is 2.05 bits per heavy atom. The smallest absolute Gasteiger partial charge is 0.411 e. The third-order valence-electron chi connectivity index (χ3n) is 14.2. The maximum absolute atomic E-state index is 15.4. The van der Waals surface area contributed by atoms with Crippen molar-refractivity contribution in [3.63, 3.8) is 0 Å². The first-order valence-electron chi connectivity index (χ1n) is 20.5. The Morgan fingerprint density at radius 1 is 0.933 bits per heavy atom. The van der Waals surface area contributed by atoms with E-state index in [0.29, 0.717) is 35.4 Å². The number of ether oxygens (including phenoxy) is 4. The van der Waals surface area contributed by atoms with Crippen LogP contribution >= 0.6 is 0 Å². The van der Waals surface area contributed by atoms with E-state index in [1.807, 2.05) is 109 Å². The van der Waals surface area contributed by atoms with Crippen LogP contribution in [0.2, 0.25) is 0 Å². The van der Waals surface area contributed by atoms with Crippen molar-refractivity contribution in [2.24, 2.45) is 45.5 Å². The van der Waals surface area contributed by atoms with Gasteiger partial charge in [0.1, 0.15) is 24.8 Å². The Labute approximate surface area is 353 Å². The Balaban J connectivity index is 0.00000336. The number of hydrogen-bond acceptors (Lipinski definition) is 13. The number of aliphatic hydroxyl groups is 1. The quantitative estimate of drug-likeness (QED) is 0.107. The van der Waals surface area contributed by atoms with Gasteiger partial charge in [-0.05, 0) is 54.5 Å². The largest absolute Gasteiger partial charge is 0.455 e. The van der Waals surface area contributed by atoms with Crippen LogP contribution in [0.3, 0.4) is 0 Å². The van der Waals surface area contributed by atoms with E-state index in [2.05, 4.69) is 12.2 Å². The zero-order valence-corrected chi connectivity index (χ0v) is 36.3. The SMILES string of the molecule is C=O.CC1=C2[C@@H](C)C(=O)[C@]3(C)[C@@H](OC(=O)N(C)CN)C[C@H]4OC[C@@]4(C)[C@H]3[C@H](C)[C@](O)(C[C@@H]1OC(=O)[C@H](OC(=O)N(C)CN)[C@@H](Nc1ccccc1)c1ccccc1)C2(C)C. The molecule has 15 nitrogen and oxygen atoms in total.